The average molecular weight is 300 g/mol. The van der Waals surface area contributed by atoms with E-state index in [-0.39, 0.29) is 5.97 Å². The average Bonchev–Trinajstić information content (AvgIpc) is 2.46. The monoisotopic (exact) mass is 300 g/mol. The van der Waals surface area contributed by atoms with E-state index < -0.39 is 5.54 Å². The zero-order valence-electron chi connectivity index (χ0n) is 14.3. The van der Waals surface area contributed by atoms with E-state index >= 15 is 0 Å². The molecule has 0 aromatic heterocycles. The van der Waals surface area contributed by atoms with Gasteiger partial charge in [-0.25, -0.2) is 0 Å². The molecule has 1 rings (SSSR count). The number of piperazine rings is 1. The Morgan fingerprint density at radius 2 is 1.81 bits per heavy atom. The molecule has 6 heteroatoms. The fraction of sp³-hybridized carbons (Fsp3) is 0.933. The van der Waals surface area contributed by atoms with Gasteiger partial charge in [-0.1, -0.05) is 0 Å². The quantitative estimate of drug-likeness (QED) is 0.622. The van der Waals surface area contributed by atoms with Gasteiger partial charge in [0.2, 0.25) is 0 Å². The highest BCUT2D eigenvalue weighted by molar-refractivity contribution is 5.80. The largest absolute Gasteiger partial charge is 0.465 e. The molecular weight excluding hydrogens is 268 g/mol. The fourth-order valence-electron chi connectivity index (χ4n) is 2.50. The Morgan fingerprint density at radius 1 is 1.24 bits per heavy atom. The van der Waals surface area contributed by atoms with Crippen LogP contribution in [-0.4, -0.2) is 99.8 Å². The number of ether oxygens (including phenoxy) is 1. The van der Waals surface area contributed by atoms with E-state index in [9.17, 15) is 4.79 Å². The van der Waals surface area contributed by atoms with E-state index in [2.05, 4.69) is 34.1 Å². The Bertz CT molecular complexity index is 317. The maximum atomic E-state index is 12.1. The third-order valence-corrected chi connectivity index (χ3v) is 4.15. The molecule has 0 spiro atoms. The number of nitrogens with zero attached hydrogens (tertiary/aromatic N) is 3. The summed E-state index contributed by atoms with van der Waals surface area (Å²) in [6.07, 6.45) is 0. The summed E-state index contributed by atoms with van der Waals surface area (Å²) in [6.45, 7) is 11.2. The van der Waals surface area contributed by atoms with E-state index in [1.807, 2.05) is 20.9 Å². The number of likely N-dealkylation sites (N-methyl/N-ethyl adjacent to an activating group) is 2. The summed E-state index contributed by atoms with van der Waals surface area (Å²) in [5, 5.41) is 3.13. The Morgan fingerprint density at radius 3 is 2.29 bits per heavy atom. The topological polar surface area (TPSA) is 48.1 Å². The smallest absolute Gasteiger partial charge is 0.327 e. The number of carbonyl (C=O) groups is 1. The molecule has 1 atom stereocenters. The highest BCUT2D eigenvalue weighted by atomic mass is 16.5. The molecule has 0 aliphatic carbocycles. The van der Waals surface area contributed by atoms with Gasteiger partial charge < -0.3 is 15.0 Å². The van der Waals surface area contributed by atoms with Gasteiger partial charge in [0, 0.05) is 45.8 Å². The van der Waals surface area contributed by atoms with Gasteiger partial charge in [-0.05, 0) is 35.0 Å². The van der Waals surface area contributed by atoms with Crippen LogP contribution in [0.5, 0.6) is 0 Å². The molecule has 0 saturated carbocycles. The summed E-state index contributed by atoms with van der Waals surface area (Å²) >= 11 is 0. The van der Waals surface area contributed by atoms with Crippen LogP contribution in [0.1, 0.15) is 13.8 Å². The summed E-state index contributed by atoms with van der Waals surface area (Å²) in [7, 11) is 6.03. The lowest BCUT2D eigenvalue weighted by Gasteiger charge is -2.39. The second-order valence-corrected chi connectivity index (χ2v) is 6.22. The lowest BCUT2D eigenvalue weighted by Crippen LogP contribution is -2.59. The predicted octanol–water partition coefficient (Wildman–Crippen LogP) is -0.293. The lowest BCUT2D eigenvalue weighted by atomic mass is 10.0. The van der Waals surface area contributed by atoms with Gasteiger partial charge in [0.1, 0.15) is 5.54 Å². The van der Waals surface area contributed by atoms with Gasteiger partial charge in [0.15, 0.2) is 0 Å². The molecule has 1 unspecified atom stereocenters. The van der Waals surface area contributed by atoms with Crippen molar-refractivity contribution in [2.45, 2.75) is 19.4 Å². The molecule has 0 aromatic carbocycles. The first-order valence-corrected chi connectivity index (χ1v) is 7.87. The summed E-state index contributed by atoms with van der Waals surface area (Å²) in [6, 6.07) is 0. The Labute approximate surface area is 129 Å². The van der Waals surface area contributed by atoms with Crippen molar-refractivity contribution in [3.8, 4) is 0 Å². The first kappa shape index (κ1) is 18.4. The van der Waals surface area contributed by atoms with Crippen molar-refractivity contribution in [2.24, 2.45) is 0 Å². The Kier molecular flexibility index (Phi) is 7.59. The van der Waals surface area contributed by atoms with Crippen molar-refractivity contribution in [1.82, 2.24) is 20.0 Å². The normalized spacial score (nSPS) is 20.5. The van der Waals surface area contributed by atoms with Gasteiger partial charge in [0.25, 0.3) is 0 Å². The van der Waals surface area contributed by atoms with Gasteiger partial charge in [-0.2, -0.15) is 0 Å². The van der Waals surface area contributed by atoms with E-state index in [0.29, 0.717) is 13.2 Å². The van der Waals surface area contributed by atoms with Crippen LogP contribution in [0.3, 0.4) is 0 Å². The highest BCUT2D eigenvalue weighted by Gasteiger charge is 2.35. The molecule has 0 aromatic rings. The summed E-state index contributed by atoms with van der Waals surface area (Å²) < 4.78 is 5.18. The van der Waals surface area contributed by atoms with E-state index in [4.69, 9.17) is 4.74 Å². The molecule has 124 valence electrons. The van der Waals surface area contributed by atoms with Crippen molar-refractivity contribution in [2.75, 3.05) is 73.6 Å². The molecule has 1 saturated heterocycles. The number of rotatable bonds is 8. The van der Waals surface area contributed by atoms with E-state index in [1.54, 1.807) is 0 Å². The summed E-state index contributed by atoms with van der Waals surface area (Å²) in [5.41, 5.74) is -0.623. The van der Waals surface area contributed by atoms with E-state index in [1.165, 1.54) is 0 Å². The zero-order chi connectivity index (χ0) is 15.9. The van der Waals surface area contributed by atoms with Gasteiger partial charge in [0.05, 0.1) is 6.61 Å². The number of esters is 1. The molecule has 1 fully saturated rings. The third kappa shape index (κ3) is 5.90. The third-order valence-electron chi connectivity index (χ3n) is 4.15. The van der Waals surface area contributed by atoms with Crippen LogP contribution in [0.15, 0.2) is 0 Å². The van der Waals surface area contributed by atoms with E-state index in [0.717, 1.165) is 39.3 Å². The Hall–Kier alpha value is -0.690. The predicted molar refractivity (Wildman–Crippen MR) is 85.5 cm³/mol. The molecule has 1 N–H and O–H groups in total. The molecule has 6 nitrogen and oxygen atoms in total. The van der Waals surface area contributed by atoms with Crippen LogP contribution in [0.25, 0.3) is 0 Å². The van der Waals surface area contributed by atoms with Crippen LogP contribution in [0, 0.1) is 0 Å². The molecular formula is C15H32N4O2. The van der Waals surface area contributed by atoms with Crippen molar-refractivity contribution in [3.63, 3.8) is 0 Å². The van der Waals surface area contributed by atoms with Gasteiger partial charge in [-0.3, -0.25) is 14.6 Å². The summed E-state index contributed by atoms with van der Waals surface area (Å²) in [5.74, 6) is -0.164. The highest BCUT2D eigenvalue weighted by Crippen LogP contribution is 2.11. The zero-order valence-corrected chi connectivity index (χ0v) is 14.3. The molecule has 0 amide bonds. The van der Waals surface area contributed by atoms with Crippen molar-refractivity contribution >= 4 is 5.97 Å². The molecule has 0 radical (unpaired) electrons. The first-order chi connectivity index (χ1) is 9.91. The maximum absolute atomic E-state index is 12.1. The van der Waals surface area contributed by atoms with Crippen LogP contribution in [0.2, 0.25) is 0 Å². The fourth-order valence-corrected chi connectivity index (χ4v) is 2.50. The first-order valence-electron chi connectivity index (χ1n) is 7.87. The molecule has 1 aliphatic heterocycles. The molecule has 0 bridgehead atoms. The number of hydrogen-bond acceptors (Lipinski definition) is 6. The minimum absolute atomic E-state index is 0.164. The van der Waals surface area contributed by atoms with Crippen LogP contribution < -0.4 is 5.32 Å². The molecule has 21 heavy (non-hydrogen) atoms. The SMILES string of the molecule is CCOC(=O)C(C)(CN1CCN(CCN(C)C)CC1)NC. The second-order valence-electron chi connectivity index (χ2n) is 6.22. The second kappa shape index (κ2) is 8.68. The van der Waals surface area contributed by atoms with Crippen molar-refractivity contribution < 1.29 is 9.53 Å². The van der Waals surface area contributed by atoms with Crippen molar-refractivity contribution in [3.05, 3.63) is 0 Å². The van der Waals surface area contributed by atoms with Gasteiger partial charge >= 0.3 is 5.97 Å². The number of nitrogens with one attached hydrogen (secondary N) is 1. The minimum atomic E-state index is -0.623. The molecule has 1 aliphatic rings. The van der Waals surface area contributed by atoms with Crippen LogP contribution in [-0.2, 0) is 9.53 Å². The van der Waals surface area contributed by atoms with Crippen LogP contribution in [0.4, 0.5) is 0 Å². The number of hydrogen-bond donors (Lipinski definition) is 1. The molecule has 1 heterocycles. The standard InChI is InChI=1S/C15H32N4O2/c1-6-21-14(20)15(2,16-3)13-19-11-9-18(10-12-19)8-7-17(4)5/h16H,6-13H2,1-5H3. The lowest BCUT2D eigenvalue weighted by molar-refractivity contribution is -0.151. The maximum Gasteiger partial charge on any atom is 0.327 e. The Balaban J connectivity index is 2.41. The minimum Gasteiger partial charge on any atom is -0.465 e. The number of carbonyl (C=O) groups excluding carboxylic acids is 1. The van der Waals surface area contributed by atoms with Crippen molar-refractivity contribution in [1.29, 1.82) is 0 Å². The summed E-state index contributed by atoms with van der Waals surface area (Å²) in [4.78, 5) is 19.1. The van der Waals surface area contributed by atoms with Gasteiger partial charge in [-0.15, -0.1) is 0 Å². The van der Waals surface area contributed by atoms with Crippen LogP contribution >= 0.6 is 0 Å².